The number of carbonyl (C=O) groups excluding carboxylic acids is 3. The number of primary amides is 1. The largest absolute Gasteiger partial charge is 0.493 e. The molecule has 2 aromatic rings. The zero-order valence-corrected chi connectivity index (χ0v) is 23.7. The van der Waals surface area contributed by atoms with E-state index in [9.17, 15) is 14.4 Å². The van der Waals surface area contributed by atoms with Crippen molar-refractivity contribution < 1.29 is 23.9 Å². The minimum absolute atomic E-state index is 0.0594. The van der Waals surface area contributed by atoms with Gasteiger partial charge in [0.25, 0.3) is 0 Å². The minimum atomic E-state index is -0.526. The van der Waals surface area contributed by atoms with E-state index in [4.69, 9.17) is 15.2 Å². The van der Waals surface area contributed by atoms with Gasteiger partial charge in [-0.2, -0.15) is 0 Å². The van der Waals surface area contributed by atoms with Crippen LogP contribution in [-0.2, 0) is 14.4 Å². The fraction of sp³-hybridized carbons (Fsp3) is 0.452. The molecular weight excluding hydrogens is 508 g/mol. The lowest BCUT2D eigenvalue weighted by atomic mass is 9.73. The third kappa shape index (κ3) is 5.24. The van der Waals surface area contributed by atoms with Crippen molar-refractivity contribution in [1.29, 1.82) is 0 Å². The van der Waals surface area contributed by atoms with E-state index < -0.39 is 6.04 Å². The summed E-state index contributed by atoms with van der Waals surface area (Å²) in [5, 5.41) is 3.58. The first-order valence-electron chi connectivity index (χ1n) is 13.8. The van der Waals surface area contributed by atoms with Gasteiger partial charge in [0.15, 0.2) is 17.3 Å². The van der Waals surface area contributed by atoms with Crippen molar-refractivity contribution in [2.75, 3.05) is 44.1 Å². The number of nitrogens with zero attached hydrogens (tertiary/aromatic N) is 2. The van der Waals surface area contributed by atoms with E-state index in [-0.39, 0.29) is 35.5 Å². The number of ether oxygens (including phenoxy) is 2. The van der Waals surface area contributed by atoms with Crippen molar-refractivity contribution >= 4 is 29.0 Å². The Morgan fingerprint density at radius 1 is 1.02 bits per heavy atom. The Morgan fingerprint density at radius 2 is 1.73 bits per heavy atom. The highest BCUT2D eigenvalue weighted by atomic mass is 16.5. The van der Waals surface area contributed by atoms with Crippen molar-refractivity contribution in [2.45, 2.75) is 45.6 Å². The number of para-hydroxylation sites is 2. The molecule has 2 heterocycles. The summed E-state index contributed by atoms with van der Waals surface area (Å²) in [5.74, 6) is 0.621. The van der Waals surface area contributed by atoms with E-state index in [2.05, 4.69) is 19.2 Å². The Bertz CT molecular complexity index is 1360. The number of likely N-dealkylation sites (tertiary alicyclic amines) is 1. The molecule has 1 saturated heterocycles. The number of methoxy groups -OCH3 is 2. The van der Waals surface area contributed by atoms with E-state index in [1.165, 1.54) is 0 Å². The molecule has 2 aliphatic heterocycles. The smallest absolute Gasteiger partial charge is 0.242 e. The molecule has 1 unspecified atom stereocenters. The first-order valence-corrected chi connectivity index (χ1v) is 13.8. The minimum Gasteiger partial charge on any atom is -0.493 e. The zero-order chi connectivity index (χ0) is 28.6. The second kappa shape index (κ2) is 10.9. The number of anilines is 2. The first kappa shape index (κ1) is 27.6. The molecule has 1 fully saturated rings. The van der Waals surface area contributed by atoms with Crippen molar-refractivity contribution in [3.63, 3.8) is 0 Å². The number of amides is 2. The van der Waals surface area contributed by atoms with Crippen LogP contribution in [0.15, 0.2) is 53.7 Å². The fourth-order valence-electron chi connectivity index (χ4n) is 6.26. The number of ketones is 1. The van der Waals surface area contributed by atoms with Crippen molar-refractivity contribution in [1.82, 2.24) is 4.90 Å². The number of rotatable bonds is 6. The van der Waals surface area contributed by atoms with Gasteiger partial charge in [0.1, 0.15) is 0 Å². The molecule has 40 heavy (non-hydrogen) atoms. The molecular formula is C31H38N4O5. The zero-order valence-electron chi connectivity index (χ0n) is 23.7. The standard InChI is InChI=1S/C31H38N4O5/c1-31(2)16-22-28(24(36)17-31)29(20-9-10-25(39-3)26(15-20)40-4)35(23-8-6-5-7-21(23)33-22)18-27(37)34-13-11-19(12-14-34)30(32)38/h5-10,15,19,29,33H,11-14,16-18H2,1-4H3,(H2,32,38). The summed E-state index contributed by atoms with van der Waals surface area (Å²) in [4.78, 5) is 43.2. The van der Waals surface area contributed by atoms with Crippen LogP contribution in [0, 0.1) is 11.3 Å². The normalized spacial score (nSPS) is 20.7. The van der Waals surface area contributed by atoms with Gasteiger partial charge in [-0.05, 0) is 54.5 Å². The summed E-state index contributed by atoms with van der Waals surface area (Å²) in [5.41, 5.74) is 9.38. The first-order chi connectivity index (χ1) is 19.1. The molecule has 3 N–H and O–H groups in total. The number of nitrogens with one attached hydrogen (secondary N) is 1. The van der Waals surface area contributed by atoms with Gasteiger partial charge in [-0.25, -0.2) is 0 Å². The van der Waals surface area contributed by atoms with Gasteiger partial charge in [-0.15, -0.1) is 0 Å². The molecule has 2 amide bonds. The lowest BCUT2D eigenvalue weighted by molar-refractivity contribution is -0.133. The second-order valence-electron chi connectivity index (χ2n) is 11.7. The number of hydrogen-bond donors (Lipinski definition) is 2. The van der Waals surface area contributed by atoms with Crippen LogP contribution >= 0.6 is 0 Å². The van der Waals surface area contributed by atoms with Gasteiger partial charge in [0, 0.05) is 36.7 Å². The van der Waals surface area contributed by atoms with Crippen LogP contribution in [0.1, 0.15) is 51.1 Å². The highest BCUT2D eigenvalue weighted by molar-refractivity contribution is 6.02. The van der Waals surface area contributed by atoms with Gasteiger partial charge in [-0.3, -0.25) is 14.4 Å². The Hall–Kier alpha value is -4.01. The second-order valence-corrected chi connectivity index (χ2v) is 11.7. The third-order valence-electron chi connectivity index (χ3n) is 8.28. The van der Waals surface area contributed by atoms with E-state index >= 15 is 0 Å². The van der Waals surface area contributed by atoms with Crippen molar-refractivity contribution in [3.05, 3.63) is 59.3 Å². The predicted molar refractivity (Wildman–Crippen MR) is 153 cm³/mol. The monoisotopic (exact) mass is 546 g/mol. The van der Waals surface area contributed by atoms with Gasteiger partial charge < -0.3 is 30.3 Å². The molecule has 0 radical (unpaired) electrons. The SMILES string of the molecule is COc1ccc(C2C3=C(CC(C)(C)CC3=O)Nc3ccccc3N2CC(=O)N2CCC(C(N)=O)CC2)cc1OC. The quantitative estimate of drug-likeness (QED) is 0.562. The summed E-state index contributed by atoms with van der Waals surface area (Å²) < 4.78 is 11.1. The highest BCUT2D eigenvalue weighted by Gasteiger charge is 2.42. The molecule has 9 heteroatoms. The van der Waals surface area contributed by atoms with Crippen LogP contribution < -0.4 is 25.4 Å². The summed E-state index contributed by atoms with van der Waals surface area (Å²) >= 11 is 0. The topological polar surface area (TPSA) is 114 Å². The molecule has 2 aromatic carbocycles. The van der Waals surface area contributed by atoms with E-state index in [0.717, 1.165) is 22.6 Å². The maximum Gasteiger partial charge on any atom is 0.242 e. The summed E-state index contributed by atoms with van der Waals surface area (Å²) in [6, 6.07) is 13.0. The lowest BCUT2D eigenvalue weighted by Gasteiger charge is -2.39. The van der Waals surface area contributed by atoms with Crippen LogP contribution in [0.3, 0.4) is 0 Å². The molecule has 1 aliphatic carbocycles. The number of nitrogens with two attached hydrogens (primary N) is 1. The number of Topliss-reactive ketones (excluding diaryl/α,β-unsaturated/α-hetero) is 1. The molecule has 0 bridgehead atoms. The van der Waals surface area contributed by atoms with E-state index in [1.807, 2.05) is 47.4 Å². The third-order valence-corrected chi connectivity index (χ3v) is 8.28. The predicted octanol–water partition coefficient (Wildman–Crippen LogP) is 4.04. The molecule has 1 atom stereocenters. The molecule has 9 nitrogen and oxygen atoms in total. The number of benzene rings is 2. The summed E-state index contributed by atoms with van der Waals surface area (Å²) in [7, 11) is 3.17. The molecule has 0 spiro atoms. The summed E-state index contributed by atoms with van der Waals surface area (Å²) in [6.45, 7) is 5.22. The number of piperidine rings is 1. The number of allylic oxidation sites excluding steroid dienone is 1. The summed E-state index contributed by atoms with van der Waals surface area (Å²) in [6.07, 6.45) is 2.23. The van der Waals surface area contributed by atoms with Crippen LogP contribution in [-0.4, -0.2) is 56.4 Å². The van der Waals surface area contributed by atoms with Crippen LogP contribution in [0.5, 0.6) is 11.5 Å². The number of hydrogen-bond acceptors (Lipinski definition) is 7. The Labute approximate surface area is 235 Å². The van der Waals surface area contributed by atoms with Gasteiger partial charge in [0.05, 0.1) is 38.2 Å². The van der Waals surface area contributed by atoms with Crippen LogP contribution in [0.2, 0.25) is 0 Å². The van der Waals surface area contributed by atoms with Crippen molar-refractivity contribution in [3.8, 4) is 11.5 Å². The Kier molecular flexibility index (Phi) is 7.49. The van der Waals surface area contributed by atoms with Gasteiger partial charge >= 0.3 is 0 Å². The van der Waals surface area contributed by atoms with Crippen LogP contribution in [0.25, 0.3) is 0 Å². The maximum atomic E-state index is 13.9. The lowest BCUT2D eigenvalue weighted by Crippen LogP contribution is -2.47. The molecule has 5 rings (SSSR count). The average molecular weight is 547 g/mol. The molecule has 3 aliphatic rings. The Morgan fingerprint density at radius 3 is 2.40 bits per heavy atom. The van der Waals surface area contributed by atoms with Gasteiger partial charge in [-0.1, -0.05) is 32.0 Å². The van der Waals surface area contributed by atoms with Crippen LogP contribution in [0.4, 0.5) is 11.4 Å². The van der Waals surface area contributed by atoms with Crippen molar-refractivity contribution in [2.24, 2.45) is 17.1 Å². The van der Waals surface area contributed by atoms with E-state index in [0.29, 0.717) is 55.8 Å². The van der Waals surface area contributed by atoms with E-state index in [1.54, 1.807) is 19.1 Å². The molecule has 0 saturated carbocycles. The average Bonchev–Trinajstić information content (AvgIpc) is 3.06. The maximum absolute atomic E-state index is 13.9. The number of carbonyl (C=O) groups is 3. The molecule has 0 aromatic heterocycles. The Balaban J connectivity index is 1.62. The molecule has 212 valence electrons. The fourth-order valence-corrected chi connectivity index (χ4v) is 6.26. The van der Waals surface area contributed by atoms with Gasteiger partial charge in [0.2, 0.25) is 11.8 Å². The highest BCUT2D eigenvalue weighted by Crippen LogP contribution is 2.49. The number of fused-ring (bicyclic) bond motifs is 1.